The molecule has 1 fully saturated rings. The van der Waals surface area contributed by atoms with E-state index >= 15 is 0 Å². The van der Waals surface area contributed by atoms with E-state index in [1.807, 2.05) is 17.0 Å². The standard InChI is InChI=1S/C18H25N3O2.ClH/c19-18(9-3-4-10-18)17(23)20-11-5-8-16(22)21-12-14-6-1-2-7-15(14)13-21;/h1-2,6-7H,3-5,8-13,19H2,(H,20,23);1H. The van der Waals surface area contributed by atoms with Crippen molar-refractivity contribution in [1.29, 1.82) is 0 Å². The predicted molar refractivity (Wildman–Crippen MR) is 95.6 cm³/mol. The summed E-state index contributed by atoms with van der Waals surface area (Å²) in [4.78, 5) is 26.2. The lowest BCUT2D eigenvalue weighted by Crippen LogP contribution is -2.52. The number of nitrogens with one attached hydrogen (secondary N) is 1. The summed E-state index contributed by atoms with van der Waals surface area (Å²) in [7, 11) is 0. The Hall–Kier alpha value is -1.59. The highest BCUT2D eigenvalue weighted by Crippen LogP contribution is 2.27. The average Bonchev–Trinajstić information content (AvgIpc) is 3.18. The predicted octanol–water partition coefficient (Wildman–Crippen LogP) is 2.12. The van der Waals surface area contributed by atoms with Crippen LogP contribution < -0.4 is 11.1 Å². The van der Waals surface area contributed by atoms with Crippen LogP contribution in [0.5, 0.6) is 0 Å². The van der Waals surface area contributed by atoms with Gasteiger partial charge in [0, 0.05) is 26.1 Å². The Balaban J connectivity index is 0.00000208. The third-order valence-corrected chi connectivity index (χ3v) is 4.99. The van der Waals surface area contributed by atoms with E-state index in [2.05, 4.69) is 17.4 Å². The Labute approximate surface area is 149 Å². The van der Waals surface area contributed by atoms with E-state index in [1.165, 1.54) is 11.1 Å². The number of carbonyl (C=O) groups is 2. The molecule has 6 heteroatoms. The summed E-state index contributed by atoms with van der Waals surface area (Å²) < 4.78 is 0. The topological polar surface area (TPSA) is 75.4 Å². The molecule has 1 aromatic rings. The maximum absolute atomic E-state index is 12.3. The van der Waals surface area contributed by atoms with Gasteiger partial charge in [-0.25, -0.2) is 0 Å². The number of benzene rings is 1. The van der Waals surface area contributed by atoms with Crippen molar-refractivity contribution in [3.63, 3.8) is 0 Å². The Morgan fingerprint density at radius 2 is 1.71 bits per heavy atom. The number of fused-ring (bicyclic) bond motifs is 1. The molecule has 24 heavy (non-hydrogen) atoms. The van der Waals surface area contributed by atoms with Crippen LogP contribution >= 0.6 is 12.4 Å². The first-order valence-corrected chi connectivity index (χ1v) is 8.50. The van der Waals surface area contributed by atoms with E-state index in [0.29, 0.717) is 32.5 Å². The van der Waals surface area contributed by atoms with Gasteiger partial charge in [-0.15, -0.1) is 12.4 Å². The number of carbonyl (C=O) groups excluding carboxylic acids is 2. The highest BCUT2D eigenvalue weighted by atomic mass is 35.5. The van der Waals surface area contributed by atoms with Gasteiger partial charge in [0.15, 0.2) is 0 Å². The summed E-state index contributed by atoms with van der Waals surface area (Å²) in [5.74, 6) is 0.0924. The maximum atomic E-state index is 12.3. The minimum Gasteiger partial charge on any atom is -0.354 e. The minimum absolute atomic E-state index is 0. The van der Waals surface area contributed by atoms with E-state index in [0.717, 1.165) is 25.7 Å². The zero-order chi connectivity index (χ0) is 16.3. The molecule has 1 aromatic carbocycles. The van der Waals surface area contributed by atoms with Crippen molar-refractivity contribution in [3.8, 4) is 0 Å². The van der Waals surface area contributed by atoms with Crippen LogP contribution in [0.25, 0.3) is 0 Å². The SMILES string of the molecule is Cl.NC1(C(=O)NCCCC(=O)N2Cc3ccccc3C2)CCCC1. The molecule has 0 radical (unpaired) electrons. The van der Waals surface area contributed by atoms with Gasteiger partial charge in [0.2, 0.25) is 11.8 Å². The van der Waals surface area contributed by atoms with Crippen LogP contribution in [0.2, 0.25) is 0 Å². The first-order valence-electron chi connectivity index (χ1n) is 8.50. The second-order valence-corrected chi connectivity index (χ2v) is 6.74. The van der Waals surface area contributed by atoms with Crippen LogP contribution in [0.3, 0.4) is 0 Å². The van der Waals surface area contributed by atoms with Crippen molar-refractivity contribution >= 4 is 24.2 Å². The molecule has 0 bridgehead atoms. The van der Waals surface area contributed by atoms with Gasteiger partial charge in [0.25, 0.3) is 0 Å². The monoisotopic (exact) mass is 351 g/mol. The van der Waals surface area contributed by atoms with Gasteiger partial charge >= 0.3 is 0 Å². The zero-order valence-electron chi connectivity index (χ0n) is 13.9. The maximum Gasteiger partial charge on any atom is 0.240 e. The first kappa shape index (κ1) is 18.7. The molecule has 0 atom stereocenters. The second-order valence-electron chi connectivity index (χ2n) is 6.74. The number of nitrogens with zero attached hydrogens (tertiary/aromatic N) is 1. The number of nitrogens with two attached hydrogens (primary N) is 1. The van der Waals surface area contributed by atoms with Crippen molar-refractivity contribution in [2.45, 2.75) is 57.2 Å². The highest BCUT2D eigenvalue weighted by Gasteiger charge is 2.36. The molecule has 0 aromatic heterocycles. The quantitative estimate of drug-likeness (QED) is 0.798. The lowest BCUT2D eigenvalue weighted by atomic mass is 9.98. The van der Waals surface area contributed by atoms with Crippen LogP contribution in [-0.4, -0.2) is 28.8 Å². The molecule has 3 N–H and O–H groups in total. The molecule has 1 saturated carbocycles. The third kappa shape index (κ3) is 4.08. The Morgan fingerprint density at radius 3 is 2.29 bits per heavy atom. The van der Waals surface area contributed by atoms with Crippen molar-refractivity contribution in [2.75, 3.05) is 6.54 Å². The van der Waals surface area contributed by atoms with E-state index in [1.54, 1.807) is 0 Å². The highest BCUT2D eigenvalue weighted by molar-refractivity contribution is 5.86. The normalized spacial score (nSPS) is 18.0. The third-order valence-electron chi connectivity index (χ3n) is 4.99. The number of hydrogen-bond acceptors (Lipinski definition) is 3. The molecule has 1 aliphatic carbocycles. The van der Waals surface area contributed by atoms with Crippen LogP contribution in [0.4, 0.5) is 0 Å². The molecular weight excluding hydrogens is 326 g/mol. The summed E-state index contributed by atoms with van der Waals surface area (Å²) >= 11 is 0. The summed E-state index contributed by atoms with van der Waals surface area (Å²) in [6, 6.07) is 8.16. The molecule has 0 saturated heterocycles. The average molecular weight is 352 g/mol. The molecule has 2 aliphatic rings. The molecule has 2 amide bonds. The number of rotatable bonds is 5. The fourth-order valence-electron chi connectivity index (χ4n) is 3.52. The molecule has 0 unspecified atom stereocenters. The second kappa shape index (κ2) is 7.99. The van der Waals surface area contributed by atoms with Gasteiger partial charge in [-0.3, -0.25) is 9.59 Å². The van der Waals surface area contributed by atoms with Crippen LogP contribution in [0.15, 0.2) is 24.3 Å². The van der Waals surface area contributed by atoms with Gasteiger partial charge in [0.05, 0.1) is 5.54 Å². The van der Waals surface area contributed by atoms with Gasteiger partial charge in [-0.1, -0.05) is 37.1 Å². The molecule has 0 spiro atoms. The van der Waals surface area contributed by atoms with Crippen molar-refractivity contribution in [1.82, 2.24) is 10.2 Å². The van der Waals surface area contributed by atoms with Crippen molar-refractivity contribution < 1.29 is 9.59 Å². The molecule has 1 aliphatic heterocycles. The minimum atomic E-state index is -0.680. The summed E-state index contributed by atoms with van der Waals surface area (Å²) in [5.41, 5.74) is 7.90. The Morgan fingerprint density at radius 1 is 1.12 bits per heavy atom. The fraction of sp³-hybridized carbons (Fsp3) is 0.556. The molecular formula is C18H26ClN3O2. The van der Waals surface area contributed by atoms with E-state index < -0.39 is 5.54 Å². The van der Waals surface area contributed by atoms with Crippen LogP contribution in [-0.2, 0) is 22.7 Å². The van der Waals surface area contributed by atoms with Gasteiger partial charge in [0.1, 0.15) is 0 Å². The molecule has 3 rings (SSSR count). The summed E-state index contributed by atoms with van der Waals surface area (Å²) in [6.45, 7) is 1.92. The number of amides is 2. The smallest absolute Gasteiger partial charge is 0.240 e. The van der Waals surface area contributed by atoms with Crippen molar-refractivity contribution in [3.05, 3.63) is 35.4 Å². The zero-order valence-corrected chi connectivity index (χ0v) is 14.7. The summed E-state index contributed by atoms with van der Waals surface area (Å²) in [5, 5.41) is 2.89. The van der Waals surface area contributed by atoms with Gasteiger partial charge in [-0.05, 0) is 30.4 Å². The number of halogens is 1. The Bertz CT molecular complexity index is 575. The lowest BCUT2D eigenvalue weighted by Gasteiger charge is -2.22. The number of hydrogen-bond donors (Lipinski definition) is 2. The molecule has 132 valence electrons. The molecule has 1 heterocycles. The van der Waals surface area contributed by atoms with Gasteiger partial charge in [-0.2, -0.15) is 0 Å². The van der Waals surface area contributed by atoms with E-state index in [4.69, 9.17) is 5.73 Å². The van der Waals surface area contributed by atoms with Crippen LogP contribution in [0.1, 0.15) is 49.7 Å². The fourth-order valence-corrected chi connectivity index (χ4v) is 3.52. The van der Waals surface area contributed by atoms with Crippen molar-refractivity contribution in [2.24, 2.45) is 5.73 Å². The molecule has 5 nitrogen and oxygen atoms in total. The van der Waals surface area contributed by atoms with E-state index in [-0.39, 0.29) is 24.2 Å². The lowest BCUT2D eigenvalue weighted by molar-refractivity contribution is -0.132. The Kier molecular flexibility index (Phi) is 6.24. The largest absolute Gasteiger partial charge is 0.354 e. The van der Waals surface area contributed by atoms with E-state index in [9.17, 15) is 9.59 Å². The van der Waals surface area contributed by atoms with Crippen LogP contribution in [0, 0.1) is 0 Å². The summed E-state index contributed by atoms with van der Waals surface area (Å²) in [6.07, 6.45) is 4.71. The first-order chi connectivity index (χ1) is 11.1. The van der Waals surface area contributed by atoms with Gasteiger partial charge < -0.3 is 16.0 Å².